The van der Waals surface area contributed by atoms with Crippen molar-refractivity contribution >= 4 is 11.4 Å². The van der Waals surface area contributed by atoms with Crippen LogP contribution in [-0.4, -0.2) is 4.92 Å². The highest BCUT2D eigenvalue weighted by atomic mass is 16.6. The van der Waals surface area contributed by atoms with Crippen molar-refractivity contribution in [1.29, 1.82) is 5.39 Å². The number of benzene rings is 2. The smallest absolute Gasteiger partial charge is 0.258 e. The van der Waals surface area contributed by atoms with Crippen molar-refractivity contribution in [2.45, 2.75) is 19.3 Å². The third-order valence-electron chi connectivity index (χ3n) is 3.50. The van der Waals surface area contributed by atoms with Crippen LogP contribution >= 0.6 is 0 Å². The average molecular weight is 268 g/mol. The molecule has 0 unspecified atom stereocenters. The van der Waals surface area contributed by atoms with E-state index < -0.39 is 4.92 Å². The molecule has 0 amide bonds. The molecule has 2 aromatic carbocycles. The van der Waals surface area contributed by atoms with E-state index in [4.69, 9.17) is 5.39 Å². The second kappa shape index (κ2) is 5.10. The van der Waals surface area contributed by atoms with Crippen LogP contribution in [0.15, 0.2) is 48.5 Å². The fourth-order valence-electron chi connectivity index (χ4n) is 2.16. The molecule has 5 heteroatoms. The van der Waals surface area contributed by atoms with Gasteiger partial charge >= 0.3 is 11.4 Å². The van der Waals surface area contributed by atoms with E-state index in [2.05, 4.69) is 4.98 Å². The van der Waals surface area contributed by atoms with Crippen molar-refractivity contribution in [1.82, 2.24) is 0 Å². The molecule has 2 rings (SSSR count). The molecule has 0 saturated carbocycles. The zero-order chi connectivity index (χ0) is 14.8. The van der Waals surface area contributed by atoms with Gasteiger partial charge in [0.1, 0.15) is 0 Å². The van der Waals surface area contributed by atoms with Gasteiger partial charge in [0.05, 0.1) is 4.92 Å². The SMILES string of the molecule is CC(C)(c1ccccc1)c1ccc([N+]#N)c([N+](=O)[O-])c1. The molecule has 0 fully saturated rings. The van der Waals surface area contributed by atoms with Crippen molar-refractivity contribution in [3.63, 3.8) is 0 Å². The summed E-state index contributed by atoms with van der Waals surface area (Å²) >= 11 is 0. The van der Waals surface area contributed by atoms with E-state index in [9.17, 15) is 10.1 Å². The predicted octanol–water partition coefficient (Wildman–Crippen LogP) is 4.41. The molecule has 0 N–H and O–H groups in total. The van der Waals surface area contributed by atoms with Gasteiger partial charge in [-0.15, -0.1) is 0 Å². The van der Waals surface area contributed by atoms with Crippen LogP contribution in [0.5, 0.6) is 0 Å². The summed E-state index contributed by atoms with van der Waals surface area (Å²) in [5.74, 6) is 0. The number of diazo groups is 1. The summed E-state index contributed by atoms with van der Waals surface area (Å²) in [7, 11) is 0. The van der Waals surface area contributed by atoms with Gasteiger partial charge in [0.15, 0.2) is 4.98 Å². The maximum atomic E-state index is 11.0. The van der Waals surface area contributed by atoms with Gasteiger partial charge in [-0.2, -0.15) is 0 Å². The first-order valence-electron chi connectivity index (χ1n) is 6.16. The molecule has 0 spiro atoms. The lowest BCUT2D eigenvalue weighted by Gasteiger charge is -2.25. The molecule has 0 heterocycles. The third kappa shape index (κ3) is 2.36. The minimum Gasteiger partial charge on any atom is -0.258 e. The summed E-state index contributed by atoms with van der Waals surface area (Å²) in [5, 5.41) is 19.8. The fraction of sp³-hybridized carbons (Fsp3) is 0.200. The molecular weight excluding hydrogens is 254 g/mol. The van der Waals surface area contributed by atoms with Crippen molar-refractivity contribution in [2.75, 3.05) is 0 Å². The van der Waals surface area contributed by atoms with Gasteiger partial charge in [-0.05, 0) is 17.2 Å². The van der Waals surface area contributed by atoms with Gasteiger partial charge in [-0.3, -0.25) is 10.1 Å². The Morgan fingerprint density at radius 3 is 2.30 bits per heavy atom. The molecule has 0 aromatic heterocycles. The monoisotopic (exact) mass is 268 g/mol. The van der Waals surface area contributed by atoms with Gasteiger partial charge < -0.3 is 0 Å². The Kier molecular flexibility index (Phi) is 3.49. The Labute approximate surface area is 116 Å². The Hall–Kier alpha value is -2.74. The molecule has 20 heavy (non-hydrogen) atoms. The summed E-state index contributed by atoms with van der Waals surface area (Å²) < 4.78 is 0. The number of hydrogen-bond donors (Lipinski definition) is 0. The van der Waals surface area contributed by atoms with Crippen molar-refractivity contribution in [2.24, 2.45) is 0 Å². The van der Waals surface area contributed by atoms with E-state index in [-0.39, 0.29) is 16.8 Å². The molecule has 0 radical (unpaired) electrons. The lowest BCUT2D eigenvalue weighted by Crippen LogP contribution is -2.18. The minimum absolute atomic E-state index is 0.0392. The largest absolute Gasteiger partial charge is 0.461 e. The van der Waals surface area contributed by atoms with Crippen molar-refractivity contribution in [3.8, 4) is 0 Å². The van der Waals surface area contributed by atoms with Crippen LogP contribution in [0.4, 0.5) is 11.4 Å². The highest BCUT2D eigenvalue weighted by Gasteiger charge is 2.30. The van der Waals surface area contributed by atoms with Gasteiger partial charge in [-0.25, -0.2) is 0 Å². The standard InChI is InChI=1S/C15H14N3O2/c1-15(2,11-6-4-3-5-7-11)12-8-9-13(17-16)14(10-12)18(19)20/h3-10H,1-2H3/q+1. The number of nitro benzene ring substituents is 1. The van der Waals surface area contributed by atoms with E-state index >= 15 is 0 Å². The molecule has 100 valence electrons. The normalized spacial score (nSPS) is 10.8. The van der Waals surface area contributed by atoms with Gasteiger partial charge in [-0.1, -0.05) is 44.2 Å². The lowest BCUT2D eigenvalue weighted by molar-refractivity contribution is -0.383. The minimum atomic E-state index is -0.542. The maximum Gasteiger partial charge on any atom is 0.461 e. The maximum absolute atomic E-state index is 11.0. The van der Waals surface area contributed by atoms with Crippen LogP contribution in [-0.2, 0) is 5.41 Å². The molecule has 2 aromatic rings. The Bertz CT molecular complexity index is 688. The summed E-state index contributed by atoms with van der Waals surface area (Å²) in [5.41, 5.74) is 1.24. The first-order chi connectivity index (χ1) is 9.46. The van der Waals surface area contributed by atoms with Crippen molar-refractivity contribution < 1.29 is 4.92 Å². The number of hydrogen-bond acceptors (Lipinski definition) is 3. The second-order valence-electron chi connectivity index (χ2n) is 5.05. The summed E-state index contributed by atoms with van der Waals surface area (Å²) in [4.78, 5) is 13.4. The van der Waals surface area contributed by atoms with Crippen molar-refractivity contribution in [3.05, 3.63) is 74.7 Å². The zero-order valence-electron chi connectivity index (χ0n) is 11.3. The third-order valence-corrected chi connectivity index (χ3v) is 3.50. The Balaban J connectivity index is 2.56. The van der Waals surface area contributed by atoms with E-state index in [1.165, 1.54) is 12.1 Å². The van der Waals surface area contributed by atoms with E-state index in [0.717, 1.165) is 11.1 Å². The number of nitrogens with zero attached hydrogens (tertiary/aromatic N) is 3. The van der Waals surface area contributed by atoms with Gasteiger partial charge in [0.25, 0.3) is 0 Å². The van der Waals surface area contributed by atoms with E-state index in [1.807, 2.05) is 44.2 Å². The Morgan fingerprint density at radius 1 is 1.10 bits per heavy atom. The summed E-state index contributed by atoms with van der Waals surface area (Å²) in [6, 6.07) is 14.4. The topological polar surface area (TPSA) is 71.3 Å². The van der Waals surface area contributed by atoms with E-state index in [0.29, 0.717) is 0 Å². The van der Waals surface area contributed by atoms with Crippen LogP contribution in [0, 0.1) is 15.5 Å². The van der Waals surface area contributed by atoms with Crippen LogP contribution in [0.25, 0.3) is 4.98 Å². The highest BCUT2D eigenvalue weighted by Crippen LogP contribution is 2.36. The molecule has 5 nitrogen and oxygen atoms in total. The lowest BCUT2D eigenvalue weighted by atomic mass is 9.78. The molecular formula is C15H14N3O2+. The first kappa shape index (κ1) is 13.7. The molecule has 0 saturated heterocycles. The zero-order valence-corrected chi connectivity index (χ0v) is 11.3. The van der Waals surface area contributed by atoms with Crippen LogP contribution in [0.3, 0.4) is 0 Å². The summed E-state index contributed by atoms with van der Waals surface area (Å²) in [6.45, 7) is 3.99. The number of rotatable bonds is 3. The molecule has 0 aliphatic rings. The Morgan fingerprint density at radius 2 is 1.75 bits per heavy atom. The highest BCUT2D eigenvalue weighted by molar-refractivity contribution is 5.64. The van der Waals surface area contributed by atoms with Crippen LogP contribution in [0.1, 0.15) is 25.0 Å². The van der Waals surface area contributed by atoms with Gasteiger partial charge in [0, 0.05) is 17.5 Å². The first-order valence-corrected chi connectivity index (χ1v) is 6.16. The number of nitro groups is 1. The summed E-state index contributed by atoms with van der Waals surface area (Å²) in [6.07, 6.45) is 0. The fourth-order valence-corrected chi connectivity index (χ4v) is 2.16. The van der Waals surface area contributed by atoms with Crippen LogP contribution in [0.2, 0.25) is 0 Å². The molecule has 0 bridgehead atoms. The average Bonchev–Trinajstić information content (AvgIpc) is 2.47. The molecule has 0 aliphatic heterocycles. The van der Waals surface area contributed by atoms with E-state index in [1.54, 1.807) is 6.07 Å². The molecule has 0 aliphatic carbocycles. The van der Waals surface area contributed by atoms with Gasteiger partial charge in [0.2, 0.25) is 5.39 Å². The second-order valence-corrected chi connectivity index (χ2v) is 5.05. The van der Waals surface area contributed by atoms with Crippen LogP contribution < -0.4 is 0 Å². The molecule has 0 atom stereocenters. The quantitative estimate of drug-likeness (QED) is 0.470. The predicted molar refractivity (Wildman–Crippen MR) is 76.4 cm³/mol.